The minimum atomic E-state index is -3.30. The third-order valence-electron chi connectivity index (χ3n) is 4.35. The number of aromatic nitrogens is 2. The quantitative estimate of drug-likeness (QED) is 0.546. The van der Waals surface area contributed by atoms with Crippen LogP contribution in [0.15, 0.2) is 39.8 Å². The summed E-state index contributed by atoms with van der Waals surface area (Å²) in [5, 5.41) is 8.06. The minimum absolute atomic E-state index is 0.0570. The summed E-state index contributed by atoms with van der Waals surface area (Å²) < 4.78 is 29.4. The monoisotopic (exact) mass is 415 g/mol. The number of nitrogens with zero attached hydrogens (tertiary/aromatic N) is 2. The molecule has 2 heterocycles. The van der Waals surface area contributed by atoms with Crippen LogP contribution in [0.3, 0.4) is 0 Å². The van der Waals surface area contributed by atoms with Crippen LogP contribution >= 0.6 is 11.3 Å². The molecule has 28 heavy (non-hydrogen) atoms. The van der Waals surface area contributed by atoms with Gasteiger partial charge in [-0.3, -0.25) is 4.79 Å². The van der Waals surface area contributed by atoms with E-state index in [1.165, 1.54) is 17.4 Å². The van der Waals surface area contributed by atoms with Crippen molar-refractivity contribution in [2.75, 3.05) is 11.6 Å². The zero-order valence-corrected chi connectivity index (χ0v) is 17.1. The predicted molar refractivity (Wildman–Crippen MR) is 109 cm³/mol. The average molecular weight is 415 g/mol. The fraction of sp³-hybridized carbons (Fsp3) is 0.211. The molecule has 0 saturated heterocycles. The molecule has 2 aromatic carbocycles. The summed E-state index contributed by atoms with van der Waals surface area (Å²) in [6, 6.07) is 8.62. The zero-order chi connectivity index (χ0) is 20.1. The summed E-state index contributed by atoms with van der Waals surface area (Å²) in [6.45, 7) is 3.94. The number of nitrogens with one attached hydrogen (secondary N) is 1. The molecule has 0 spiro atoms. The third kappa shape index (κ3) is 3.50. The Kier molecular flexibility index (Phi) is 4.43. The summed E-state index contributed by atoms with van der Waals surface area (Å²) in [4.78, 5) is 17.1. The van der Waals surface area contributed by atoms with Crippen molar-refractivity contribution < 1.29 is 17.7 Å². The van der Waals surface area contributed by atoms with Crippen molar-refractivity contribution in [3.8, 4) is 0 Å². The lowest BCUT2D eigenvalue weighted by Gasteiger charge is -2.01. The van der Waals surface area contributed by atoms with Crippen molar-refractivity contribution in [3.63, 3.8) is 0 Å². The lowest BCUT2D eigenvalue weighted by Crippen LogP contribution is -2.14. The average Bonchev–Trinajstić information content (AvgIpc) is 3.16. The number of amides is 1. The first kappa shape index (κ1) is 18.6. The van der Waals surface area contributed by atoms with Gasteiger partial charge in [-0.2, -0.15) is 0 Å². The molecule has 2 aromatic heterocycles. The molecule has 0 bridgehead atoms. The molecule has 0 aliphatic rings. The molecule has 0 radical (unpaired) electrons. The number of anilines is 1. The van der Waals surface area contributed by atoms with Gasteiger partial charge < -0.3 is 9.84 Å². The van der Waals surface area contributed by atoms with Crippen LogP contribution in [0.1, 0.15) is 16.8 Å². The van der Waals surface area contributed by atoms with E-state index in [1.807, 2.05) is 26.0 Å². The highest BCUT2D eigenvalue weighted by atomic mass is 32.2. The summed E-state index contributed by atoms with van der Waals surface area (Å²) >= 11 is 1.23. The Labute approximate surface area is 165 Å². The summed E-state index contributed by atoms with van der Waals surface area (Å²) in [5.74, 6) is -0.266. The third-order valence-corrected chi connectivity index (χ3v) is 6.39. The number of carbonyl (C=O) groups is 1. The van der Waals surface area contributed by atoms with Crippen LogP contribution < -0.4 is 5.32 Å². The second-order valence-corrected chi connectivity index (χ2v) is 9.78. The molecule has 4 aromatic rings. The lowest BCUT2D eigenvalue weighted by molar-refractivity contribution is -0.115. The van der Waals surface area contributed by atoms with E-state index in [0.29, 0.717) is 26.6 Å². The van der Waals surface area contributed by atoms with Gasteiger partial charge in [0.25, 0.3) is 0 Å². The first-order chi connectivity index (χ1) is 13.2. The molecule has 1 amide bonds. The Hall–Kier alpha value is -2.78. The summed E-state index contributed by atoms with van der Waals surface area (Å²) in [6.07, 6.45) is 1.21. The lowest BCUT2D eigenvalue weighted by atomic mass is 10.0. The molecule has 9 heteroatoms. The van der Waals surface area contributed by atoms with Crippen molar-refractivity contribution in [1.29, 1.82) is 0 Å². The molecular weight excluding hydrogens is 398 g/mol. The molecule has 0 aliphatic heterocycles. The summed E-state index contributed by atoms with van der Waals surface area (Å²) in [7, 11) is -3.30. The van der Waals surface area contributed by atoms with Crippen LogP contribution in [0.5, 0.6) is 0 Å². The molecule has 7 nitrogen and oxygen atoms in total. The fourth-order valence-corrected chi connectivity index (χ4v) is 4.79. The highest BCUT2D eigenvalue weighted by Crippen LogP contribution is 2.29. The SMILES string of the molecule is Cc1cc(C)c2c(CC(=O)Nc3nc4ccc(S(C)(=O)=O)cc4s3)noc2c1. The van der Waals surface area contributed by atoms with E-state index < -0.39 is 9.84 Å². The minimum Gasteiger partial charge on any atom is -0.356 e. The van der Waals surface area contributed by atoms with Crippen molar-refractivity contribution in [1.82, 2.24) is 10.1 Å². The Morgan fingerprint density at radius 2 is 2.00 bits per heavy atom. The van der Waals surface area contributed by atoms with Crippen LogP contribution in [-0.4, -0.2) is 30.7 Å². The second-order valence-electron chi connectivity index (χ2n) is 6.73. The van der Waals surface area contributed by atoms with Crippen LogP contribution in [0, 0.1) is 13.8 Å². The van der Waals surface area contributed by atoms with Crippen LogP contribution in [0.2, 0.25) is 0 Å². The number of aryl methyl sites for hydroxylation is 2. The van der Waals surface area contributed by atoms with E-state index in [-0.39, 0.29) is 17.2 Å². The van der Waals surface area contributed by atoms with Gasteiger partial charge in [0.1, 0.15) is 5.69 Å². The Morgan fingerprint density at radius 3 is 2.75 bits per heavy atom. The van der Waals surface area contributed by atoms with E-state index >= 15 is 0 Å². The number of carbonyl (C=O) groups excluding carboxylic acids is 1. The maximum absolute atomic E-state index is 12.5. The van der Waals surface area contributed by atoms with E-state index in [4.69, 9.17) is 4.52 Å². The van der Waals surface area contributed by atoms with Gasteiger partial charge in [0, 0.05) is 11.6 Å². The van der Waals surface area contributed by atoms with Gasteiger partial charge in [-0.25, -0.2) is 13.4 Å². The Morgan fingerprint density at radius 1 is 1.21 bits per heavy atom. The molecule has 1 N–H and O–H groups in total. The van der Waals surface area contributed by atoms with E-state index in [1.54, 1.807) is 12.1 Å². The predicted octanol–water partition coefficient (Wildman–Crippen LogP) is 3.64. The number of fused-ring (bicyclic) bond motifs is 2. The number of rotatable bonds is 4. The number of hydrogen-bond donors (Lipinski definition) is 1. The van der Waals surface area contributed by atoms with Gasteiger partial charge >= 0.3 is 0 Å². The fourth-order valence-electron chi connectivity index (χ4n) is 3.15. The zero-order valence-electron chi connectivity index (χ0n) is 15.4. The van der Waals surface area contributed by atoms with Crippen LogP contribution in [-0.2, 0) is 21.1 Å². The molecular formula is C19H17N3O4S2. The molecule has 0 aliphatic carbocycles. The number of hydrogen-bond acceptors (Lipinski definition) is 7. The van der Waals surface area contributed by atoms with Gasteiger partial charge in [-0.05, 0) is 49.2 Å². The second kappa shape index (κ2) is 6.68. The van der Waals surface area contributed by atoms with Crippen molar-refractivity contribution in [3.05, 3.63) is 47.2 Å². The maximum atomic E-state index is 12.5. The highest BCUT2D eigenvalue weighted by molar-refractivity contribution is 7.90. The number of benzene rings is 2. The molecule has 144 valence electrons. The van der Waals surface area contributed by atoms with Crippen LogP contribution in [0.4, 0.5) is 5.13 Å². The first-order valence-corrected chi connectivity index (χ1v) is 11.2. The highest BCUT2D eigenvalue weighted by Gasteiger charge is 2.17. The molecule has 0 fully saturated rings. The van der Waals surface area contributed by atoms with Crippen molar-refractivity contribution in [2.24, 2.45) is 0 Å². The first-order valence-electron chi connectivity index (χ1n) is 8.47. The molecule has 0 saturated carbocycles. The Balaban J connectivity index is 1.57. The number of thiazole rings is 1. The van der Waals surface area contributed by atoms with E-state index in [2.05, 4.69) is 15.5 Å². The number of sulfone groups is 1. The van der Waals surface area contributed by atoms with Crippen LogP contribution in [0.25, 0.3) is 21.2 Å². The van der Waals surface area contributed by atoms with E-state index in [0.717, 1.165) is 22.8 Å². The normalized spacial score (nSPS) is 12.0. The standard InChI is InChI=1S/C19H17N3O4S2/c1-10-6-11(2)18-14(22-26-15(18)7-10)9-17(23)21-19-20-13-5-4-12(28(3,24)25)8-16(13)27-19/h4-8H,9H2,1-3H3,(H,20,21,23). The van der Waals surface area contributed by atoms with Crippen molar-refractivity contribution >= 4 is 53.4 Å². The van der Waals surface area contributed by atoms with Gasteiger partial charge in [-0.1, -0.05) is 22.6 Å². The van der Waals surface area contributed by atoms with Crippen molar-refractivity contribution in [2.45, 2.75) is 25.2 Å². The van der Waals surface area contributed by atoms with Gasteiger partial charge in [0.2, 0.25) is 5.91 Å². The van der Waals surface area contributed by atoms with Gasteiger partial charge in [-0.15, -0.1) is 0 Å². The largest absolute Gasteiger partial charge is 0.356 e. The van der Waals surface area contributed by atoms with E-state index in [9.17, 15) is 13.2 Å². The maximum Gasteiger partial charge on any atom is 0.232 e. The Bertz CT molecular complexity index is 1340. The molecule has 4 rings (SSSR count). The van der Waals surface area contributed by atoms with Gasteiger partial charge in [0.05, 0.1) is 21.5 Å². The smallest absolute Gasteiger partial charge is 0.232 e. The summed E-state index contributed by atoms with van der Waals surface area (Å²) in [5.41, 5.74) is 3.94. The molecule has 0 unspecified atom stereocenters. The topological polar surface area (TPSA) is 102 Å². The van der Waals surface area contributed by atoms with Gasteiger partial charge in [0.15, 0.2) is 20.6 Å². The molecule has 0 atom stereocenters.